The molecule has 11 heteroatoms. The van der Waals surface area contributed by atoms with Crippen LogP contribution in [0.5, 0.6) is 0 Å². The summed E-state index contributed by atoms with van der Waals surface area (Å²) in [6.07, 6.45) is 2.16. The molecule has 0 radical (unpaired) electrons. The lowest BCUT2D eigenvalue weighted by Crippen LogP contribution is -2.43. The van der Waals surface area contributed by atoms with Gasteiger partial charge in [-0.3, -0.25) is 19.1 Å². The van der Waals surface area contributed by atoms with Crippen LogP contribution in [0.2, 0.25) is 0 Å². The SMILES string of the molecule is O=C(Nc1cc(C#Cc2cnc3cc(-c4ccccn4)ccn23)ccn1)c1ccc(CN2CCNCC2)c(C(F)(F)F)c1. The van der Waals surface area contributed by atoms with Gasteiger partial charge in [0.2, 0.25) is 0 Å². The third kappa shape index (κ3) is 6.56. The van der Waals surface area contributed by atoms with Crippen LogP contribution in [0.15, 0.2) is 85.5 Å². The first kappa shape index (κ1) is 28.1. The molecule has 1 amide bonds. The fourth-order valence-corrected chi connectivity index (χ4v) is 4.90. The summed E-state index contributed by atoms with van der Waals surface area (Å²) >= 11 is 0. The van der Waals surface area contributed by atoms with Crippen molar-refractivity contribution in [3.05, 3.63) is 113 Å². The number of rotatable bonds is 5. The molecule has 1 aliphatic heterocycles. The summed E-state index contributed by atoms with van der Waals surface area (Å²) in [6.45, 7) is 2.94. The van der Waals surface area contributed by atoms with E-state index in [1.807, 2.05) is 45.8 Å². The zero-order valence-electron chi connectivity index (χ0n) is 22.9. The number of carbonyl (C=O) groups excluding carboxylic acids is 1. The number of nitrogens with zero attached hydrogens (tertiary/aromatic N) is 5. The van der Waals surface area contributed by atoms with Crippen LogP contribution < -0.4 is 10.6 Å². The second-order valence-corrected chi connectivity index (χ2v) is 10.0. The second kappa shape index (κ2) is 12.1. The van der Waals surface area contributed by atoms with Crippen LogP contribution in [0.1, 0.15) is 32.7 Å². The first-order chi connectivity index (χ1) is 20.8. The van der Waals surface area contributed by atoms with Crippen molar-refractivity contribution in [3.63, 3.8) is 0 Å². The molecule has 1 fully saturated rings. The third-order valence-electron chi connectivity index (χ3n) is 7.09. The molecule has 0 unspecified atom stereocenters. The maximum absolute atomic E-state index is 13.9. The minimum atomic E-state index is -4.59. The molecule has 0 saturated carbocycles. The molecule has 216 valence electrons. The number of anilines is 1. The van der Waals surface area contributed by atoms with E-state index in [0.717, 1.165) is 30.4 Å². The summed E-state index contributed by atoms with van der Waals surface area (Å²) in [7, 11) is 0. The number of pyridine rings is 3. The van der Waals surface area contributed by atoms with Crippen LogP contribution in [0, 0.1) is 11.8 Å². The number of piperazine rings is 1. The summed E-state index contributed by atoms with van der Waals surface area (Å²) in [5, 5.41) is 5.78. The topological polar surface area (TPSA) is 87.5 Å². The highest BCUT2D eigenvalue weighted by molar-refractivity contribution is 6.04. The quantitative estimate of drug-likeness (QED) is 0.288. The van der Waals surface area contributed by atoms with Crippen molar-refractivity contribution in [2.24, 2.45) is 0 Å². The van der Waals surface area contributed by atoms with Gasteiger partial charge in [0.15, 0.2) is 0 Å². The average Bonchev–Trinajstić information content (AvgIpc) is 3.43. The number of fused-ring (bicyclic) bond motifs is 1. The Morgan fingerprint density at radius 2 is 1.81 bits per heavy atom. The first-order valence-electron chi connectivity index (χ1n) is 13.6. The zero-order chi connectivity index (χ0) is 29.8. The maximum Gasteiger partial charge on any atom is 0.416 e. The summed E-state index contributed by atoms with van der Waals surface area (Å²) in [4.78, 5) is 27.9. The van der Waals surface area contributed by atoms with Crippen molar-refractivity contribution in [1.82, 2.24) is 29.6 Å². The minimum absolute atomic E-state index is 0.106. The Balaban J connectivity index is 1.18. The molecule has 2 N–H and O–H groups in total. The van der Waals surface area contributed by atoms with Crippen molar-refractivity contribution in [2.75, 3.05) is 31.5 Å². The van der Waals surface area contributed by atoms with Crippen molar-refractivity contribution in [2.45, 2.75) is 12.7 Å². The predicted octanol–water partition coefficient (Wildman–Crippen LogP) is 4.87. The molecule has 6 rings (SSSR count). The monoisotopic (exact) mass is 581 g/mol. The Morgan fingerprint density at radius 1 is 0.953 bits per heavy atom. The highest BCUT2D eigenvalue weighted by Crippen LogP contribution is 2.33. The fraction of sp³-hybridized carbons (Fsp3) is 0.188. The molecule has 5 heterocycles. The van der Waals surface area contributed by atoms with Gasteiger partial charge < -0.3 is 10.6 Å². The molecular formula is C32H26F3N7O. The van der Waals surface area contributed by atoms with E-state index in [-0.39, 0.29) is 23.5 Å². The van der Waals surface area contributed by atoms with Crippen LogP contribution >= 0.6 is 0 Å². The van der Waals surface area contributed by atoms with Gasteiger partial charge >= 0.3 is 6.18 Å². The van der Waals surface area contributed by atoms with E-state index in [2.05, 4.69) is 37.4 Å². The van der Waals surface area contributed by atoms with E-state index >= 15 is 0 Å². The summed E-state index contributed by atoms with van der Waals surface area (Å²) in [6, 6.07) is 16.5. The second-order valence-electron chi connectivity index (χ2n) is 10.0. The molecule has 0 spiro atoms. The van der Waals surface area contributed by atoms with E-state index in [9.17, 15) is 18.0 Å². The summed E-state index contributed by atoms with van der Waals surface area (Å²) < 4.78 is 43.6. The number of hydrogen-bond donors (Lipinski definition) is 2. The van der Waals surface area contributed by atoms with Gasteiger partial charge in [0.1, 0.15) is 17.2 Å². The van der Waals surface area contributed by atoms with Gasteiger partial charge in [-0.1, -0.05) is 18.1 Å². The summed E-state index contributed by atoms with van der Waals surface area (Å²) in [5.74, 6) is 5.60. The first-order valence-corrected chi connectivity index (χ1v) is 13.6. The normalized spacial score (nSPS) is 13.8. The molecule has 1 aliphatic rings. The van der Waals surface area contributed by atoms with E-state index < -0.39 is 17.6 Å². The number of benzene rings is 1. The number of hydrogen-bond acceptors (Lipinski definition) is 6. The number of alkyl halides is 3. The van der Waals surface area contributed by atoms with Gasteiger partial charge in [-0.2, -0.15) is 13.2 Å². The highest BCUT2D eigenvalue weighted by atomic mass is 19.4. The molecule has 0 aliphatic carbocycles. The lowest BCUT2D eigenvalue weighted by Gasteiger charge is -2.28. The molecular weight excluding hydrogens is 555 g/mol. The van der Waals surface area contributed by atoms with Gasteiger partial charge in [0.05, 0.1) is 17.5 Å². The van der Waals surface area contributed by atoms with Gasteiger partial charge in [-0.15, -0.1) is 0 Å². The number of aromatic nitrogens is 4. The molecule has 5 aromatic rings. The Bertz CT molecular complexity index is 1840. The largest absolute Gasteiger partial charge is 0.416 e. The molecule has 4 aromatic heterocycles. The number of halogens is 3. The highest BCUT2D eigenvalue weighted by Gasteiger charge is 2.34. The van der Waals surface area contributed by atoms with Gasteiger partial charge in [0, 0.05) is 68.0 Å². The van der Waals surface area contributed by atoms with E-state index in [1.165, 1.54) is 18.3 Å². The standard InChI is InChI=1S/C32H26F3N7O/c33-32(34,35)27-18-24(5-6-25(27)21-41-15-12-36-13-16-41)31(43)40-29-17-22(8-11-38-29)4-7-26-20-39-30-19-23(9-14-42(26)30)28-3-1-2-10-37-28/h1-3,5-6,8-11,14,17-20,36H,12-13,15-16,21H2,(H,38,40,43). The Hall–Kier alpha value is -5.05. The lowest BCUT2D eigenvalue weighted by molar-refractivity contribution is -0.138. The fourth-order valence-electron chi connectivity index (χ4n) is 4.90. The smallest absolute Gasteiger partial charge is 0.314 e. The van der Waals surface area contributed by atoms with Crippen LogP contribution in [0.25, 0.3) is 16.9 Å². The zero-order valence-corrected chi connectivity index (χ0v) is 22.9. The number of imidazole rings is 1. The van der Waals surface area contributed by atoms with Gasteiger partial charge in [-0.25, -0.2) is 9.97 Å². The van der Waals surface area contributed by atoms with Crippen molar-refractivity contribution in [1.29, 1.82) is 0 Å². The van der Waals surface area contributed by atoms with Gasteiger partial charge in [0.25, 0.3) is 5.91 Å². The molecule has 1 aromatic carbocycles. The minimum Gasteiger partial charge on any atom is -0.314 e. The van der Waals surface area contributed by atoms with Crippen molar-refractivity contribution < 1.29 is 18.0 Å². The number of carbonyl (C=O) groups is 1. The summed E-state index contributed by atoms with van der Waals surface area (Å²) in [5.41, 5.74) is 2.93. The Morgan fingerprint density at radius 3 is 2.60 bits per heavy atom. The van der Waals surface area contributed by atoms with Crippen LogP contribution in [-0.4, -0.2) is 56.3 Å². The van der Waals surface area contributed by atoms with Gasteiger partial charge in [-0.05, 0) is 60.0 Å². The molecule has 1 saturated heterocycles. The average molecular weight is 582 g/mol. The molecule has 43 heavy (non-hydrogen) atoms. The van der Waals surface area contributed by atoms with Crippen molar-refractivity contribution in [3.8, 4) is 23.1 Å². The van der Waals surface area contributed by atoms with Crippen LogP contribution in [0.3, 0.4) is 0 Å². The lowest BCUT2D eigenvalue weighted by atomic mass is 10.0. The molecule has 8 nitrogen and oxygen atoms in total. The predicted molar refractivity (Wildman–Crippen MR) is 156 cm³/mol. The van der Waals surface area contributed by atoms with E-state index in [4.69, 9.17) is 0 Å². The Kier molecular flexibility index (Phi) is 7.87. The maximum atomic E-state index is 13.9. The third-order valence-corrected chi connectivity index (χ3v) is 7.09. The van der Waals surface area contributed by atoms with E-state index in [1.54, 1.807) is 24.5 Å². The number of amides is 1. The van der Waals surface area contributed by atoms with E-state index in [0.29, 0.717) is 30.0 Å². The van der Waals surface area contributed by atoms with Crippen LogP contribution in [0.4, 0.5) is 19.0 Å². The van der Waals surface area contributed by atoms with Crippen molar-refractivity contribution >= 4 is 17.4 Å². The molecule has 0 atom stereocenters. The number of nitrogens with one attached hydrogen (secondary N) is 2. The molecule has 0 bridgehead atoms. The van der Waals surface area contributed by atoms with Crippen LogP contribution in [-0.2, 0) is 12.7 Å². The Labute approximate surface area is 245 Å².